The van der Waals surface area contributed by atoms with Crippen LogP contribution in [0.5, 0.6) is 0 Å². The van der Waals surface area contributed by atoms with Crippen LogP contribution in [-0.2, 0) is 11.3 Å². The molecule has 2 heterocycles. The van der Waals surface area contributed by atoms with Crippen molar-refractivity contribution in [2.24, 2.45) is 0 Å². The summed E-state index contributed by atoms with van der Waals surface area (Å²) in [5, 5.41) is 0. The number of hydrogen-bond donors (Lipinski definition) is 0. The normalized spacial score (nSPS) is 17.4. The Morgan fingerprint density at radius 1 is 1.14 bits per heavy atom. The Kier molecular flexibility index (Phi) is 3.68. The van der Waals surface area contributed by atoms with Crippen molar-refractivity contribution < 1.29 is 9.59 Å². The van der Waals surface area contributed by atoms with Gasteiger partial charge in [0.15, 0.2) is 0 Å². The number of hydrogen-bond acceptors (Lipinski definition) is 2. The smallest absolute Gasteiger partial charge is 0.295 e. The number of ketones is 1. The molecule has 2 aromatic rings. The first-order valence-electron chi connectivity index (χ1n) is 6.84. The molecule has 4 nitrogen and oxygen atoms in total. The van der Waals surface area contributed by atoms with Gasteiger partial charge in [0.2, 0.25) is 5.78 Å². The molecule has 0 saturated heterocycles. The maximum atomic E-state index is 12.5. The van der Waals surface area contributed by atoms with Crippen molar-refractivity contribution >= 4 is 27.6 Å². The van der Waals surface area contributed by atoms with E-state index in [1.54, 1.807) is 29.2 Å². The fourth-order valence-corrected chi connectivity index (χ4v) is 2.98. The summed E-state index contributed by atoms with van der Waals surface area (Å²) in [6, 6.07) is 10.8. The van der Waals surface area contributed by atoms with Crippen molar-refractivity contribution in [2.75, 3.05) is 6.54 Å². The van der Waals surface area contributed by atoms with E-state index in [1.165, 1.54) is 0 Å². The molecule has 3 rings (SSSR count). The maximum Gasteiger partial charge on any atom is 0.295 e. The van der Waals surface area contributed by atoms with Crippen LogP contribution in [0.4, 0.5) is 0 Å². The highest BCUT2D eigenvalue weighted by molar-refractivity contribution is 9.10. The van der Waals surface area contributed by atoms with Gasteiger partial charge in [-0.3, -0.25) is 9.59 Å². The number of amides is 1. The lowest BCUT2D eigenvalue weighted by atomic mass is 10.1. The first-order valence-corrected chi connectivity index (χ1v) is 7.63. The molecule has 1 aromatic heterocycles. The molecule has 1 atom stereocenters. The van der Waals surface area contributed by atoms with Gasteiger partial charge in [-0.15, -0.1) is 0 Å². The second kappa shape index (κ2) is 5.48. The fraction of sp³-hybridized carbons (Fsp3) is 0.250. The summed E-state index contributed by atoms with van der Waals surface area (Å²) < 4.78 is 3.01. The number of carbonyl (C=O) groups is 2. The molecular formula is C16H15BrN2O2. The summed E-state index contributed by atoms with van der Waals surface area (Å²) in [4.78, 5) is 26.5. The van der Waals surface area contributed by atoms with E-state index in [1.807, 2.05) is 25.3 Å². The van der Waals surface area contributed by atoms with E-state index >= 15 is 0 Å². The number of halogens is 1. The lowest BCUT2D eigenvalue weighted by molar-refractivity contribution is -0.129. The molecule has 0 bridgehead atoms. The van der Waals surface area contributed by atoms with E-state index in [2.05, 4.69) is 20.5 Å². The third kappa shape index (κ3) is 2.53. The number of carbonyl (C=O) groups excluding carboxylic acids is 2. The van der Waals surface area contributed by atoms with Crippen molar-refractivity contribution in [3.63, 3.8) is 0 Å². The van der Waals surface area contributed by atoms with Crippen LogP contribution in [0.2, 0.25) is 0 Å². The minimum absolute atomic E-state index is 0.0827. The van der Waals surface area contributed by atoms with Crippen LogP contribution in [0, 0.1) is 0 Å². The standard InChI is InChI=1S/C16H15BrN2O2/c1-11-14-3-2-8-18(14)9-10-19(11)16(21)15(20)12-4-6-13(17)7-5-12/h2-8,11H,9-10H2,1H3/t11-/m1/s1. The van der Waals surface area contributed by atoms with Crippen LogP contribution in [0.1, 0.15) is 29.0 Å². The highest BCUT2D eigenvalue weighted by atomic mass is 79.9. The minimum atomic E-state index is -0.450. The van der Waals surface area contributed by atoms with E-state index in [-0.39, 0.29) is 6.04 Å². The molecule has 108 valence electrons. The average Bonchev–Trinajstić information content (AvgIpc) is 2.96. The lowest BCUT2D eigenvalue weighted by Crippen LogP contribution is -2.44. The number of fused-ring (bicyclic) bond motifs is 1. The second-order valence-corrected chi connectivity index (χ2v) is 6.05. The Morgan fingerprint density at radius 3 is 2.57 bits per heavy atom. The van der Waals surface area contributed by atoms with Crippen molar-refractivity contribution in [2.45, 2.75) is 19.5 Å². The van der Waals surface area contributed by atoms with Crippen LogP contribution in [0.25, 0.3) is 0 Å². The molecule has 0 spiro atoms. The maximum absolute atomic E-state index is 12.5. The summed E-state index contributed by atoms with van der Waals surface area (Å²) in [5.41, 5.74) is 1.49. The third-order valence-corrected chi connectivity index (χ3v) is 4.43. The van der Waals surface area contributed by atoms with E-state index < -0.39 is 11.7 Å². The van der Waals surface area contributed by atoms with E-state index in [4.69, 9.17) is 0 Å². The van der Waals surface area contributed by atoms with Crippen molar-refractivity contribution in [3.8, 4) is 0 Å². The molecular weight excluding hydrogens is 332 g/mol. The SMILES string of the molecule is C[C@@H]1c2cccn2CCN1C(=O)C(=O)c1ccc(Br)cc1. The third-order valence-electron chi connectivity index (χ3n) is 3.90. The first kappa shape index (κ1) is 14.1. The van der Waals surface area contributed by atoms with Crippen LogP contribution in [-0.4, -0.2) is 27.7 Å². The Morgan fingerprint density at radius 2 is 1.86 bits per heavy atom. The Bertz CT molecular complexity index is 691. The van der Waals surface area contributed by atoms with Crippen molar-refractivity contribution in [3.05, 3.63) is 58.3 Å². The van der Waals surface area contributed by atoms with Gasteiger partial charge in [-0.1, -0.05) is 15.9 Å². The van der Waals surface area contributed by atoms with Crippen LogP contribution < -0.4 is 0 Å². The molecule has 21 heavy (non-hydrogen) atoms. The molecule has 0 unspecified atom stereocenters. The van der Waals surface area contributed by atoms with Gasteiger partial charge in [-0.25, -0.2) is 0 Å². The highest BCUT2D eigenvalue weighted by Gasteiger charge is 2.31. The van der Waals surface area contributed by atoms with Gasteiger partial charge in [0.05, 0.1) is 6.04 Å². The Balaban J connectivity index is 1.83. The zero-order valence-corrected chi connectivity index (χ0v) is 13.2. The zero-order chi connectivity index (χ0) is 15.0. The molecule has 0 N–H and O–H groups in total. The van der Waals surface area contributed by atoms with Crippen LogP contribution in [0.3, 0.4) is 0 Å². The highest BCUT2D eigenvalue weighted by Crippen LogP contribution is 2.26. The van der Waals surface area contributed by atoms with Gasteiger partial charge < -0.3 is 9.47 Å². The quantitative estimate of drug-likeness (QED) is 0.619. The summed E-state index contributed by atoms with van der Waals surface area (Å²) in [6.45, 7) is 3.24. The van der Waals surface area contributed by atoms with Crippen LogP contribution in [0.15, 0.2) is 47.1 Å². The Labute approximate surface area is 131 Å². The monoisotopic (exact) mass is 346 g/mol. The topological polar surface area (TPSA) is 42.3 Å². The second-order valence-electron chi connectivity index (χ2n) is 5.14. The fourth-order valence-electron chi connectivity index (χ4n) is 2.71. The van der Waals surface area contributed by atoms with Gasteiger partial charge in [-0.2, -0.15) is 0 Å². The molecule has 1 aliphatic heterocycles. The zero-order valence-electron chi connectivity index (χ0n) is 11.6. The molecule has 0 fully saturated rings. The molecule has 0 aliphatic carbocycles. The number of nitrogens with zero attached hydrogens (tertiary/aromatic N) is 2. The summed E-state index contributed by atoms with van der Waals surface area (Å²) >= 11 is 3.32. The average molecular weight is 347 g/mol. The van der Waals surface area contributed by atoms with Crippen LogP contribution >= 0.6 is 15.9 Å². The first-order chi connectivity index (χ1) is 10.1. The summed E-state index contributed by atoms with van der Waals surface area (Å²) in [7, 11) is 0. The van der Waals surface area contributed by atoms with Gasteiger partial charge >= 0.3 is 0 Å². The van der Waals surface area contributed by atoms with Crippen molar-refractivity contribution in [1.29, 1.82) is 0 Å². The van der Waals surface area contributed by atoms with Gasteiger partial charge in [-0.05, 0) is 43.3 Å². The van der Waals surface area contributed by atoms with E-state index in [0.717, 1.165) is 16.7 Å². The number of benzene rings is 1. The minimum Gasteiger partial charge on any atom is -0.348 e. The largest absolute Gasteiger partial charge is 0.348 e. The van der Waals surface area contributed by atoms with Gasteiger partial charge in [0.25, 0.3) is 5.91 Å². The molecule has 5 heteroatoms. The summed E-state index contributed by atoms with van der Waals surface area (Å²) in [5.74, 6) is -0.883. The molecule has 0 radical (unpaired) electrons. The van der Waals surface area contributed by atoms with E-state index in [9.17, 15) is 9.59 Å². The van der Waals surface area contributed by atoms with E-state index in [0.29, 0.717) is 12.1 Å². The van der Waals surface area contributed by atoms with Crippen molar-refractivity contribution in [1.82, 2.24) is 9.47 Å². The molecule has 0 saturated carbocycles. The molecule has 1 aliphatic rings. The Hall–Kier alpha value is -1.88. The number of aromatic nitrogens is 1. The molecule has 1 aromatic carbocycles. The predicted octanol–water partition coefficient (Wildman–Crippen LogP) is 3.04. The summed E-state index contributed by atoms with van der Waals surface area (Å²) in [6.07, 6.45) is 2.00. The lowest BCUT2D eigenvalue weighted by Gasteiger charge is -2.34. The number of rotatable bonds is 2. The van der Waals surface area contributed by atoms with Gasteiger partial charge in [0.1, 0.15) is 0 Å². The number of Topliss-reactive ketones (excluding diaryl/α,β-unsaturated/α-hetero) is 1. The predicted molar refractivity (Wildman–Crippen MR) is 83.0 cm³/mol. The molecule has 1 amide bonds. The van der Waals surface area contributed by atoms with Gasteiger partial charge in [0, 0.05) is 35.0 Å².